The van der Waals surface area contributed by atoms with Crippen molar-refractivity contribution in [2.24, 2.45) is 5.92 Å². The van der Waals surface area contributed by atoms with Gasteiger partial charge in [-0.05, 0) is 25.2 Å². The molecule has 1 aromatic rings. The van der Waals surface area contributed by atoms with Crippen LogP contribution in [0.2, 0.25) is 0 Å². The SMILES string of the molecule is CNc1cc(NCCOCCC(C)C)nc(C2CC2)n1. The Kier molecular flexibility index (Phi) is 5.59. The molecule has 5 heteroatoms. The minimum absolute atomic E-state index is 0.561. The fourth-order valence-electron chi connectivity index (χ4n) is 1.88. The first-order valence-electron chi connectivity index (χ1n) is 7.57. The molecule has 112 valence electrons. The van der Waals surface area contributed by atoms with Gasteiger partial charge < -0.3 is 15.4 Å². The average Bonchev–Trinajstić information content (AvgIpc) is 3.26. The van der Waals surface area contributed by atoms with Crippen molar-refractivity contribution in [2.45, 2.75) is 39.0 Å². The van der Waals surface area contributed by atoms with Crippen LogP contribution in [0.15, 0.2) is 6.07 Å². The maximum absolute atomic E-state index is 5.59. The van der Waals surface area contributed by atoms with Gasteiger partial charge in [-0.25, -0.2) is 9.97 Å². The maximum Gasteiger partial charge on any atom is 0.136 e. The number of ether oxygens (including phenoxy) is 1. The predicted molar refractivity (Wildman–Crippen MR) is 82.3 cm³/mol. The van der Waals surface area contributed by atoms with E-state index in [0.29, 0.717) is 18.4 Å². The van der Waals surface area contributed by atoms with Crippen LogP contribution in [0.5, 0.6) is 0 Å². The van der Waals surface area contributed by atoms with Crippen LogP contribution in [-0.2, 0) is 4.74 Å². The molecule has 0 saturated heterocycles. The van der Waals surface area contributed by atoms with Crippen molar-refractivity contribution >= 4 is 11.6 Å². The molecule has 0 bridgehead atoms. The zero-order valence-corrected chi connectivity index (χ0v) is 12.8. The molecule has 1 aliphatic carbocycles. The Morgan fingerprint density at radius 3 is 2.65 bits per heavy atom. The topological polar surface area (TPSA) is 59.1 Å². The summed E-state index contributed by atoms with van der Waals surface area (Å²) < 4.78 is 5.59. The largest absolute Gasteiger partial charge is 0.380 e. The normalized spacial score (nSPS) is 14.6. The van der Waals surface area contributed by atoms with Gasteiger partial charge in [-0.2, -0.15) is 0 Å². The summed E-state index contributed by atoms with van der Waals surface area (Å²) in [6.07, 6.45) is 3.54. The van der Waals surface area contributed by atoms with Crippen LogP contribution in [0.1, 0.15) is 44.9 Å². The Hall–Kier alpha value is -1.36. The molecule has 1 saturated carbocycles. The monoisotopic (exact) mass is 278 g/mol. The second-order valence-electron chi connectivity index (χ2n) is 5.74. The molecule has 2 N–H and O–H groups in total. The molecule has 5 nitrogen and oxygen atoms in total. The summed E-state index contributed by atoms with van der Waals surface area (Å²) in [6.45, 7) is 6.74. The van der Waals surface area contributed by atoms with Gasteiger partial charge in [0.2, 0.25) is 0 Å². The van der Waals surface area contributed by atoms with Gasteiger partial charge in [0.25, 0.3) is 0 Å². The highest BCUT2D eigenvalue weighted by molar-refractivity contribution is 5.47. The van der Waals surface area contributed by atoms with Crippen LogP contribution < -0.4 is 10.6 Å². The first kappa shape index (κ1) is 15.0. The lowest BCUT2D eigenvalue weighted by atomic mass is 10.1. The highest BCUT2D eigenvalue weighted by Gasteiger charge is 2.27. The number of rotatable bonds is 9. The highest BCUT2D eigenvalue weighted by Crippen LogP contribution is 2.38. The van der Waals surface area contributed by atoms with Crippen molar-refractivity contribution < 1.29 is 4.74 Å². The van der Waals surface area contributed by atoms with E-state index in [1.54, 1.807) is 0 Å². The zero-order chi connectivity index (χ0) is 14.4. The molecule has 1 fully saturated rings. The molecule has 0 radical (unpaired) electrons. The van der Waals surface area contributed by atoms with Crippen molar-refractivity contribution in [3.63, 3.8) is 0 Å². The quantitative estimate of drug-likeness (QED) is 0.680. The second kappa shape index (κ2) is 7.43. The van der Waals surface area contributed by atoms with Crippen LogP contribution in [0, 0.1) is 5.92 Å². The van der Waals surface area contributed by atoms with E-state index < -0.39 is 0 Å². The summed E-state index contributed by atoms with van der Waals surface area (Å²) >= 11 is 0. The molecule has 0 spiro atoms. The van der Waals surface area contributed by atoms with E-state index in [2.05, 4.69) is 34.4 Å². The van der Waals surface area contributed by atoms with Crippen LogP contribution in [0.25, 0.3) is 0 Å². The van der Waals surface area contributed by atoms with Gasteiger partial charge in [-0.15, -0.1) is 0 Å². The molecule has 1 heterocycles. The Labute approximate surface area is 121 Å². The molecule has 1 aliphatic rings. The fraction of sp³-hybridized carbons (Fsp3) is 0.733. The van der Waals surface area contributed by atoms with E-state index in [1.807, 2.05) is 13.1 Å². The Morgan fingerprint density at radius 2 is 2.00 bits per heavy atom. The van der Waals surface area contributed by atoms with Crippen molar-refractivity contribution in [3.05, 3.63) is 11.9 Å². The van der Waals surface area contributed by atoms with Gasteiger partial charge in [-0.3, -0.25) is 0 Å². The van der Waals surface area contributed by atoms with Crippen LogP contribution in [0.4, 0.5) is 11.6 Å². The molecule has 2 rings (SSSR count). The summed E-state index contributed by atoms with van der Waals surface area (Å²) in [5.74, 6) is 3.99. The molecule has 0 aromatic carbocycles. The van der Waals surface area contributed by atoms with Crippen molar-refractivity contribution in [3.8, 4) is 0 Å². The zero-order valence-electron chi connectivity index (χ0n) is 12.8. The van der Waals surface area contributed by atoms with Crippen molar-refractivity contribution in [1.82, 2.24) is 9.97 Å². The third kappa shape index (κ3) is 4.96. The summed E-state index contributed by atoms with van der Waals surface area (Å²) in [7, 11) is 1.89. The molecule has 0 aliphatic heterocycles. The number of hydrogen-bond donors (Lipinski definition) is 2. The van der Waals surface area contributed by atoms with Gasteiger partial charge in [0.1, 0.15) is 17.5 Å². The predicted octanol–water partition coefficient (Wildman–Crippen LogP) is 2.87. The van der Waals surface area contributed by atoms with Crippen LogP contribution >= 0.6 is 0 Å². The molecule has 1 aromatic heterocycles. The lowest BCUT2D eigenvalue weighted by molar-refractivity contribution is 0.132. The Bertz CT molecular complexity index is 418. The molecule has 0 atom stereocenters. The maximum atomic E-state index is 5.59. The Balaban J connectivity index is 1.75. The van der Waals surface area contributed by atoms with Gasteiger partial charge in [0, 0.05) is 32.2 Å². The van der Waals surface area contributed by atoms with E-state index in [1.165, 1.54) is 12.8 Å². The summed E-state index contributed by atoms with van der Waals surface area (Å²) in [4.78, 5) is 9.07. The number of hydrogen-bond acceptors (Lipinski definition) is 5. The highest BCUT2D eigenvalue weighted by atomic mass is 16.5. The third-order valence-electron chi connectivity index (χ3n) is 3.33. The van der Waals surface area contributed by atoms with E-state index in [9.17, 15) is 0 Å². The first-order valence-corrected chi connectivity index (χ1v) is 7.57. The molecule has 0 amide bonds. The van der Waals surface area contributed by atoms with Gasteiger partial charge in [0.05, 0.1) is 6.61 Å². The van der Waals surface area contributed by atoms with E-state index in [4.69, 9.17) is 4.74 Å². The smallest absolute Gasteiger partial charge is 0.136 e. The van der Waals surface area contributed by atoms with Crippen molar-refractivity contribution in [1.29, 1.82) is 0 Å². The first-order chi connectivity index (χ1) is 9.69. The van der Waals surface area contributed by atoms with E-state index in [-0.39, 0.29) is 0 Å². The second-order valence-corrected chi connectivity index (χ2v) is 5.74. The van der Waals surface area contributed by atoms with Gasteiger partial charge in [0.15, 0.2) is 0 Å². The molecular formula is C15H26N4O. The fourth-order valence-corrected chi connectivity index (χ4v) is 1.88. The van der Waals surface area contributed by atoms with Gasteiger partial charge >= 0.3 is 0 Å². The lowest BCUT2D eigenvalue weighted by Crippen LogP contribution is -2.13. The third-order valence-corrected chi connectivity index (χ3v) is 3.33. The molecule has 20 heavy (non-hydrogen) atoms. The van der Waals surface area contributed by atoms with E-state index in [0.717, 1.165) is 37.0 Å². The summed E-state index contributed by atoms with van der Waals surface area (Å²) in [5.41, 5.74) is 0. The van der Waals surface area contributed by atoms with E-state index >= 15 is 0 Å². The number of anilines is 2. The molecule has 0 unspecified atom stereocenters. The van der Waals surface area contributed by atoms with Crippen molar-refractivity contribution in [2.75, 3.05) is 37.4 Å². The number of nitrogens with one attached hydrogen (secondary N) is 2. The minimum Gasteiger partial charge on any atom is -0.380 e. The average molecular weight is 278 g/mol. The Morgan fingerprint density at radius 1 is 1.25 bits per heavy atom. The minimum atomic E-state index is 0.561. The standard InChI is InChI=1S/C15H26N4O/c1-11(2)6-8-20-9-7-17-14-10-13(16-3)18-15(19-14)12-4-5-12/h10-12H,4-9H2,1-3H3,(H2,16,17,18,19). The number of aromatic nitrogens is 2. The van der Waals surface area contributed by atoms with Gasteiger partial charge in [-0.1, -0.05) is 13.8 Å². The van der Waals surface area contributed by atoms with Crippen LogP contribution in [-0.4, -0.2) is 36.8 Å². The van der Waals surface area contributed by atoms with Crippen LogP contribution in [0.3, 0.4) is 0 Å². The summed E-state index contributed by atoms with van der Waals surface area (Å²) in [6, 6.07) is 1.94. The summed E-state index contributed by atoms with van der Waals surface area (Å²) in [5, 5.41) is 6.41. The lowest BCUT2D eigenvalue weighted by Gasteiger charge is -2.10. The number of nitrogens with zero attached hydrogens (tertiary/aromatic N) is 2. The molecular weight excluding hydrogens is 252 g/mol.